The maximum atomic E-state index is 14.8. The normalized spacial score (nSPS) is 17.6. The van der Waals surface area contributed by atoms with Crippen molar-refractivity contribution in [2.45, 2.75) is 0 Å². The summed E-state index contributed by atoms with van der Waals surface area (Å²) in [5.41, 5.74) is 3.90. The number of hydrogen-bond donors (Lipinski definition) is 0. The quantitative estimate of drug-likeness (QED) is 0.435. The maximum Gasteiger partial charge on any atom is 0.187 e. The van der Waals surface area contributed by atoms with E-state index in [1.165, 1.54) is 0 Å². The zero-order valence-corrected chi connectivity index (χ0v) is 16.2. The van der Waals surface area contributed by atoms with Gasteiger partial charge in [0.2, 0.25) is 0 Å². The van der Waals surface area contributed by atoms with E-state index < -0.39 is 7.14 Å². The van der Waals surface area contributed by atoms with E-state index in [2.05, 4.69) is 18.2 Å². The molecule has 1 aliphatic heterocycles. The average Bonchev–Trinajstić information content (AvgIpc) is 2.79. The smallest absolute Gasteiger partial charge is 0.187 e. The molecule has 0 bridgehead atoms. The SMILES string of the molecule is O=P(C1=Nc2ccccc2C2=C[CH+]C=CC21)(c1ccccc1)c1ccccc1. The number of aliphatic imine (C=N–C) groups is 1. The van der Waals surface area contributed by atoms with Crippen LogP contribution in [-0.2, 0) is 4.57 Å². The van der Waals surface area contributed by atoms with Crippen LogP contribution < -0.4 is 10.6 Å². The minimum atomic E-state index is -3.10. The van der Waals surface area contributed by atoms with Gasteiger partial charge in [-0.25, -0.2) is 4.99 Å². The summed E-state index contributed by atoms with van der Waals surface area (Å²) in [7, 11) is -3.10. The number of para-hydroxylation sites is 1. The van der Waals surface area contributed by atoms with Gasteiger partial charge in [-0.3, -0.25) is 0 Å². The summed E-state index contributed by atoms with van der Waals surface area (Å²) in [4.78, 5) is 5.00. The molecule has 1 heterocycles. The van der Waals surface area contributed by atoms with Gasteiger partial charge in [0.15, 0.2) is 7.14 Å². The highest BCUT2D eigenvalue weighted by atomic mass is 31.2. The van der Waals surface area contributed by atoms with Crippen molar-refractivity contribution in [3.05, 3.63) is 115 Å². The molecular formula is C25H19NOP+. The van der Waals surface area contributed by atoms with Gasteiger partial charge in [0.1, 0.15) is 11.4 Å². The molecule has 5 rings (SSSR count). The van der Waals surface area contributed by atoms with Crippen LogP contribution in [-0.4, -0.2) is 5.45 Å². The Balaban J connectivity index is 1.82. The Kier molecular flexibility index (Phi) is 4.15. The number of rotatable bonds is 3. The lowest BCUT2D eigenvalue weighted by Crippen LogP contribution is -2.29. The molecule has 0 aromatic heterocycles. The number of hydrogen-bond acceptors (Lipinski definition) is 2. The lowest BCUT2D eigenvalue weighted by molar-refractivity contribution is 0.593. The fourth-order valence-corrected chi connectivity index (χ4v) is 6.86. The van der Waals surface area contributed by atoms with E-state index >= 15 is 0 Å². The molecule has 1 aliphatic carbocycles. The van der Waals surface area contributed by atoms with Crippen LogP contribution in [0.3, 0.4) is 0 Å². The largest absolute Gasteiger partial charge is 0.307 e. The topological polar surface area (TPSA) is 29.4 Å². The Hall–Kier alpha value is -3.09. The summed E-state index contributed by atoms with van der Waals surface area (Å²) >= 11 is 0. The first kappa shape index (κ1) is 17.0. The lowest BCUT2D eigenvalue weighted by Gasteiger charge is -2.28. The molecular weight excluding hydrogens is 361 g/mol. The second-order valence-electron chi connectivity index (χ2n) is 6.94. The third kappa shape index (κ3) is 2.61. The molecule has 134 valence electrons. The number of allylic oxidation sites excluding steroid dienone is 4. The summed E-state index contributed by atoms with van der Waals surface area (Å²) in [6.07, 6.45) is 8.31. The molecule has 3 heteroatoms. The molecule has 28 heavy (non-hydrogen) atoms. The molecule has 1 atom stereocenters. The van der Waals surface area contributed by atoms with E-state index in [1.807, 2.05) is 91.4 Å². The molecule has 3 aromatic rings. The molecule has 2 nitrogen and oxygen atoms in total. The Morgan fingerprint density at radius 1 is 0.786 bits per heavy atom. The van der Waals surface area contributed by atoms with Crippen LogP contribution >= 0.6 is 7.14 Å². The summed E-state index contributed by atoms with van der Waals surface area (Å²) in [5.74, 6) is -0.0915. The van der Waals surface area contributed by atoms with E-state index in [4.69, 9.17) is 4.99 Å². The van der Waals surface area contributed by atoms with E-state index in [0.717, 1.165) is 32.9 Å². The highest BCUT2D eigenvalue weighted by Crippen LogP contribution is 2.54. The van der Waals surface area contributed by atoms with Crippen LogP contribution in [0.25, 0.3) is 5.57 Å². The van der Waals surface area contributed by atoms with Crippen molar-refractivity contribution >= 4 is 34.5 Å². The summed E-state index contributed by atoms with van der Waals surface area (Å²) in [5, 5.41) is 1.64. The summed E-state index contributed by atoms with van der Waals surface area (Å²) in [6.45, 7) is 0. The minimum absolute atomic E-state index is 0.0915. The van der Waals surface area contributed by atoms with E-state index in [0.29, 0.717) is 0 Å². The van der Waals surface area contributed by atoms with Gasteiger partial charge < -0.3 is 4.57 Å². The maximum absolute atomic E-state index is 14.8. The first-order chi connectivity index (χ1) is 13.8. The van der Waals surface area contributed by atoms with Crippen molar-refractivity contribution in [3.8, 4) is 0 Å². The first-order valence-corrected chi connectivity index (χ1v) is 11.1. The molecule has 0 fully saturated rings. The van der Waals surface area contributed by atoms with Gasteiger partial charge in [0.25, 0.3) is 0 Å². The minimum Gasteiger partial charge on any atom is -0.307 e. The van der Waals surface area contributed by atoms with Crippen molar-refractivity contribution < 1.29 is 4.57 Å². The van der Waals surface area contributed by atoms with Gasteiger partial charge in [-0.05, 0) is 12.1 Å². The van der Waals surface area contributed by atoms with Crippen LogP contribution in [0.15, 0.2) is 108 Å². The van der Waals surface area contributed by atoms with E-state index in [-0.39, 0.29) is 5.92 Å². The van der Waals surface area contributed by atoms with Gasteiger partial charge in [-0.2, -0.15) is 0 Å². The monoisotopic (exact) mass is 380 g/mol. The predicted molar refractivity (Wildman–Crippen MR) is 118 cm³/mol. The second-order valence-corrected chi connectivity index (χ2v) is 9.65. The molecule has 0 saturated carbocycles. The van der Waals surface area contributed by atoms with Crippen LogP contribution in [0.5, 0.6) is 0 Å². The van der Waals surface area contributed by atoms with Crippen molar-refractivity contribution in [1.29, 1.82) is 0 Å². The molecule has 0 spiro atoms. The third-order valence-corrected chi connectivity index (χ3v) is 8.39. The second kappa shape index (κ2) is 6.82. The van der Waals surface area contributed by atoms with Crippen molar-refractivity contribution in [1.82, 2.24) is 0 Å². The molecule has 0 radical (unpaired) electrons. The zero-order valence-electron chi connectivity index (χ0n) is 15.3. The molecule has 0 saturated heterocycles. The third-order valence-electron chi connectivity index (χ3n) is 5.32. The van der Waals surface area contributed by atoms with Crippen molar-refractivity contribution in [2.75, 3.05) is 0 Å². The molecule has 0 amide bonds. The van der Waals surface area contributed by atoms with Crippen molar-refractivity contribution in [2.24, 2.45) is 10.9 Å². The Morgan fingerprint density at radius 2 is 1.39 bits per heavy atom. The van der Waals surface area contributed by atoms with Crippen LogP contribution in [0.2, 0.25) is 0 Å². The number of nitrogens with zero attached hydrogens (tertiary/aromatic N) is 1. The first-order valence-electron chi connectivity index (χ1n) is 9.40. The van der Waals surface area contributed by atoms with Crippen molar-refractivity contribution in [3.63, 3.8) is 0 Å². The lowest BCUT2D eigenvalue weighted by atomic mass is 9.86. The summed E-state index contributed by atoms with van der Waals surface area (Å²) in [6, 6.07) is 27.6. The Bertz CT molecular complexity index is 1120. The fraction of sp³-hybridized carbons (Fsp3) is 0.0400. The average molecular weight is 380 g/mol. The fourth-order valence-electron chi connectivity index (χ4n) is 3.99. The van der Waals surface area contributed by atoms with Crippen LogP contribution in [0.1, 0.15) is 5.56 Å². The Labute approximate surface area is 165 Å². The molecule has 2 aliphatic rings. The number of benzene rings is 3. The van der Waals surface area contributed by atoms with E-state index in [1.54, 1.807) is 0 Å². The molecule has 1 unspecified atom stereocenters. The van der Waals surface area contributed by atoms with Crippen LogP contribution in [0.4, 0.5) is 5.69 Å². The molecule has 3 aromatic carbocycles. The predicted octanol–water partition coefficient (Wildman–Crippen LogP) is 5.52. The highest BCUT2D eigenvalue weighted by molar-refractivity contribution is 7.93. The van der Waals surface area contributed by atoms with Crippen LogP contribution in [0, 0.1) is 12.3 Å². The van der Waals surface area contributed by atoms with Gasteiger partial charge >= 0.3 is 0 Å². The van der Waals surface area contributed by atoms with Gasteiger partial charge in [0.05, 0.1) is 22.9 Å². The highest BCUT2D eigenvalue weighted by Gasteiger charge is 2.44. The summed E-state index contributed by atoms with van der Waals surface area (Å²) < 4.78 is 14.8. The van der Waals surface area contributed by atoms with E-state index in [9.17, 15) is 4.57 Å². The zero-order chi connectivity index (χ0) is 19.0. The molecule has 0 N–H and O–H groups in total. The van der Waals surface area contributed by atoms with Gasteiger partial charge in [0, 0.05) is 29.2 Å². The Morgan fingerprint density at radius 3 is 2.07 bits per heavy atom. The number of fused-ring (bicyclic) bond motifs is 3. The van der Waals surface area contributed by atoms with Gasteiger partial charge in [-0.1, -0.05) is 72.8 Å². The standard InChI is InChI=1S/C25H19NOP/c27-28(19-11-3-1-4-12-19,20-13-5-2-6-14-20)25-23-17-8-7-15-21(23)22-16-9-10-18-24(22)26-25/h1-18,23H/q+1. The van der Waals surface area contributed by atoms with Gasteiger partial charge in [-0.15, -0.1) is 0 Å².